The van der Waals surface area contributed by atoms with E-state index in [1.54, 1.807) is 6.92 Å². The Kier molecular flexibility index (Phi) is 7.25. The fourth-order valence-corrected chi connectivity index (χ4v) is 2.94. The van der Waals surface area contributed by atoms with E-state index in [0.29, 0.717) is 12.0 Å². The Bertz CT molecular complexity index is 886. The molecule has 0 aliphatic carbocycles. The lowest BCUT2D eigenvalue weighted by Crippen LogP contribution is -2.43. The third-order valence-corrected chi connectivity index (χ3v) is 4.04. The zero-order valence-corrected chi connectivity index (χ0v) is 17.2. The maximum Gasteiger partial charge on any atom is 0.420 e. The Morgan fingerprint density at radius 1 is 1.27 bits per heavy atom. The second kappa shape index (κ2) is 9.29. The topological polar surface area (TPSA) is 99.4 Å². The molecule has 3 N–H and O–H groups in total. The first-order chi connectivity index (χ1) is 13.9. The van der Waals surface area contributed by atoms with E-state index < -0.39 is 29.1 Å². The summed E-state index contributed by atoms with van der Waals surface area (Å²) in [5.41, 5.74) is 4.70. The number of amides is 1. The molecule has 0 aliphatic heterocycles. The van der Waals surface area contributed by atoms with Crippen molar-refractivity contribution >= 4 is 6.09 Å². The van der Waals surface area contributed by atoms with Crippen LogP contribution in [-0.4, -0.2) is 35.3 Å². The van der Waals surface area contributed by atoms with Gasteiger partial charge in [0.25, 0.3) is 0 Å². The molecule has 164 valence electrons. The van der Waals surface area contributed by atoms with Crippen molar-refractivity contribution in [3.8, 4) is 22.9 Å². The van der Waals surface area contributed by atoms with Gasteiger partial charge in [0.2, 0.25) is 5.88 Å². The second-order valence-corrected chi connectivity index (χ2v) is 7.63. The molecule has 0 fully saturated rings. The first kappa shape index (κ1) is 23.4. The minimum Gasteiger partial charge on any atom is -0.489 e. The van der Waals surface area contributed by atoms with Crippen LogP contribution >= 0.6 is 0 Å². The molecule has 2 rings (SSSR count). The number of carbonyl (C=O) groups excluding carboxylic acids is 1. The largest absolute Gasteiger partial charge is 0.489 e. The number of alkyl halides is 3. The average molecular weight is 426 g/mol. The standard InChI is InChI=1S/C20H25F3N4O3/c1-12(2)9-19(3,24)11-29-16-10-27-15(8-14(16)20(21,22)23)13-5-6-26-17(7-13)30-18(28)25-4/h5-8,10,12H,9,11,24H2,1-4H3,(H,25,28)/t19-/m0/s1. The molecule has 1 atom stereocenters. The van der Waals surface area contributed by atoms with Crippen molar-refractivity contribution in [3.05, 3.63) is 36.2 Å². The Labute approximate surface area is 172 Å². The third kappa shape index (κ3) is 6.58. The van der Waals surface area contributed by atoms with Gasteiger partial charge in [0.15, 0.2) is 0 Å². The lowest BCUT2D eigenvalue weighted by Gasteiger charge is -2.27. The van der Waals surface area contributed by atoms with Gasteiger partial charge in [-0.1, -0.05) is 13.8 Å². The summed E-state index contributed by atoms with van der Waals surface area (Å²) in [6.07, 6.45) is -2.50. The SMILES string of the molecule is CNC(=O)Oc1cc(-c2cc(C(F)(F)F)c(OC[C@@](C)(N)CC(C)C)cn2)ccn1. The summed E-state index contributed by atoms with van der Waals surface area (Å²) >= 11 is 0. The number of pyridine rings is 2. The highest BCUT2D eigenvalue weighted by Crippen LogP contribution is 2.38. The van der Waals surface area contributed by atoms with Gasteiger partial charge in [-0.2, -0.15) is 13.2 Å². The molecule has 0 aliphatic rings. The van der Waals surface area contributed by atoms with Crippen LogP contribution in [0.25, 0.3) is 11.3 Å². The van der Waals surface area contributed by atoms with Gasteiger partial charge in [-0.3, -0.25) is 4.98 Å². The van der Waals surface area contributed by atoms with E-state index in [9.17, 15) is 18.0 Å². The molecule has 0 bridgehead atoms. The lowest BCUT2D eigenvalue weighted by molar-refractivity contribution is -0.139. The Hall–Kier alpha value is -2.88. The Balaban J connectivity index is 2.33. The molecular formula is C20H25F3N4O3. The molecule has 0 saturated heterocycles. The van der Waals surface area contributed by atoms with Gasteiger partial charge >= 0.3 is 12.3 Å². The molecule has 10 heteroatoms. The van der Waals surface area contributed by atoms with Crippen LogP contribution < -0.4 is 20.5 Å². The average Bonchev–Trinajstić information content (AvgIpc) is 2.64. The van der Waals surface area contributed by atoms with Crippen LogP contribution in [0.2, 0.25) is 0 Å². The molecule has 7 nitrogen and oxygen atoms in total. The van der Waals surface area contributed by atoms with Crippen molar-refractivity contribution in [2.45, 2.75) is 38.9 Å². The van der Waals surface area contributed by atoms with Gasteiger partial charge in [-0.05, 0) is 31.4 Å². The van der Waals surface area contributed by atoms with E-state index in [0.717, 1.165) is 12.3 Å². The zero-order valence-electron chi connectivity index (χ0n) is 17.2. The number of nitrogens with two attached hydrogens (primary N) is 1. The number of hydrogen-bond donors (Lipinski definition) is 2. The van der Waals surface area contributed by atoms with Gasteiger partial charge in [0.1, 0.15) is 17.9 Å². The quantitative estimate of drug-likeness (QED) is 0.694. The molecule has 0 aromatic carbocycles. The molecule has 30 heavy (non-hydrogen) atoms. The Morgan fingerprint density at radius 3 is 2.57 bits per heavy atom. The normalized spacial score (nSPS) is 13.6. The summed E-state index contributed by atoms with van der Waals surface area (Å²) in [7, 11) is 1.37. The van der Waals surface area contributed by atoms with E-state index >= 15 is 0 Å². The van der Waals surface area contributed by atoms with Gasteiger partial charge in [-0.15, -0.1) is 0 Å². The summed E-state index contributed by atoms with van der Waals surface area (Å²) in [5.74, 6) is -0.207. The number of hydrogen-bond acceptors (Lipinski definition) is 6. The molecule has 0 radical (unpaired) electrons. The summed E-state index contributed by atoms with van der Waals surface area (Å²) in [6, 6.07) is 3.65. The van der Waals surface area contributed by atoms with E-state index in [-0.39, 0.29) is 24.1 Å². The Morgan fingerprint density at radius 2 is 1.97 bits per heavy atom. The minimum atomic E-state index is -4.66. The van der Waals surface area contributed by atoms with E-state index in [4.69, 9.17) is 15.2 Å². The minimum absolute atomic E-state index is 0.0246. The maximum atomic E-state index is 13.6. The molecule has 2 heterocycles. The summed E-state index contributed by atoms with van der Waals surface area (Å²) in [6.45, 7) is 5.58. The monoisotopic (exact) mass is 426 g/mol. The predicted molar refractivity (Wildman–Crippen MR) is 105 cm³/mol. The van der Waals surface area contributed by atoms with Crippen LogP contribution in [0.1, 0.15) is 32.8 Å². The zero-order chi connectivity index (χ0) is 22.5. The van der Waals surface area contributed by atoms with Crippen molar-refractivity contribution in [1.82, 2.24) is 15.3 Å². The maximum absolute atomic E-state index is 13.6. The number of aromatic nitrogens is 2. The van der Waals surface area contributed by atoms with Crippen molar-refractivity contribution in [3.63, 3.8) is 0 Å². The van der Waals surface area contributed by atoms with Crippen molar-refractivity contribution in [2.24, 2.45) is 11.7 Å². The number of halogens is 3. The van der Waals surface area contributed by atoms with E-state index in [1.165, 1.54) is 25.4 Å². The highest BCUT2D eigenvalue weighted by Gasteiger charge is 2.36. The fourth-order valence-electron chi connectivity index (χ4n) is 2.94. The molecule has 1 amide bonds. The second-order valence-electron chi connectivity index (χ2n) is 7.63. The fraction of sp³-hybridized carbons (Fsp3) is 0.450. The summed E-state index contributed by atoms with van der Waals surface area (Å²) < 4.78 is 51.2. The number of nitrogens with zero attached hydrogens (tertiary/aromatic N) is 2. The third-order valence-electron chi connectivity index (χ3n) is 4.04. The van der Waals surface area contributed by atoms with Crippen molar-refractivity contribution in [2.75, 3.05) is 13.7 Å². The van der Waals surface area contributed by atoms with Crippen LogP contribution in [0.5, 0.6) is 11.6 Å². The van der Waals surface area contributed by atoms with Crippen LogP contribution in [0.15, 0.2) is 30.6 Å². The molecular weight excluding hydrogens is 401 g/mol. The van der Waals surface area contributed by atoms with Crippen LogP contribution in [-0.2, 0) is 6.18 Å². The van der Waals surface area contributed by atoms with Gasteiger partial charge < -0.3 is 20.5 Å². The van der Waals surface area contributed by atoms with Crippen molar-refractivity contribution in [1.29, 1.82) is 0 Å². The van der Waals surface area contributed by atoms with Crippen LogP contribution in [0, 0.1) is 5.92 Å². The first-order valence-electron chi connectivity index (χ1n) is 9.26. The van der Waals surface area contributed by atoms with Gasteiger partial charge in [0.05, 0.1) is 11.9 Å². The van der Waals surface area contributed by atoms with E-state index in [2.05, 4.69) is 15.3 Å². The highest BCUT2D eigenvalue weighted by atomic mass is 19.4. The van der Waals surface area contributed by atoms with E-state index in [1.807, 2.05) is 13.8 Å². The molecule has 0 unspecified atom stereocenters. The number of carbonyl (C=O) groups is 1. The van der Waals surface area contributed by atoms with Gasteiger partial charge in [-0.25, -0.2) is 9.78 Å². The highest BCUT2D eigenvalue weighted by molar-refractivity contribution is 5.70. The van der Waals surface area contributed by atoms with Crippen molar-refractivity contribution < 1.29 is 27.4 Å². The predicted octanol–water partition coefficient (Wildman–Crippen LogP) is 4.02. The molecule has 2 aromatic heterocycles. The summed E-state index contributed by atoms with van der Waals surface area (Å²) in [5, 5.41) is 2.25. The molecule has 0 spiro atoms. The molecule has 2 aromatic rings. The number of ether oxygens (including phenoxy) is 2. The van der Waals surface area contributed by atoms with Crippen LogP contribution in [0.4, 0.5) is 18.0 Å². The summed E-state index contributed by atoms with van der Waals surface area (Å²) in [4.78, 5) is 19.2. The molecule has 0 saturated carbocycles. The van der Waals surface area contributed by atoms with Gasteiger partial charge in [0, 0.05) is 30.4 Å². The smallest absolute Gasteiger partial charge is 0.420 e. The lowest BCUT2D eigenvalue weighted by atomic mass is 9.93. The number of rotatable bonds is 7. The first-order valence-corrected chi connectivity index (χ1v) is 9.26. The number of nitrogens with one attached hydrogen (secondary N) is 1. The van der Waals surface area contributed by atoms with Crippen LogP contribution in [0.3, 0.4) is 0 Å².